The van der Waals surface area contributed by atoms with Crippen molar-refractivity contribution in [3.63, 3.8) is 0 Å². The van der Waals surface area contributed by atoms with Crippen molar-refractivity contribution in [2.45, 2.75) is 19.9 Å². The number of rotatable bonds is 3. The largest absolute Gasteiger partial charge is 0.343 e. The zero-order valence-electron chi connectivity index (χ0n) is 9.36. The van der Waals surface area contributed by atoms with E-state index in [1.165, 1.54) is 0 Å². The van der Waals surface area contributed by atoms with Crippen LogP contribution in [-0.2, 0) is 4.79 Å². The standard InChI is InChI=1S/C10H21N3O/c1-8(4-11)5-13-7-10(14)12(3)6-9(13)2/h8-9H,4-7,11H2,1-3H3. The first-order chi connectivity index (χ1) is 6.54. The molecule has 14 heavy (non-hydrogen) atoms. The average molecular weight is 199 g/mol. The molecule has 1 aliphatic rings. The van der Waals surface area contributed by atoms with Crippen molar-refractivity contribution in [2.24, 2.45) is 11.7 Å². The maximum absolute atomic E-state index is 11.5. The molecular weight excluding hydrogens is 178 g/mol. The Bertz CT molecular complexity index is 208. The van der Waals surface area contributed by atoms with Gasteiger partial charge in [-0.25, -0.2) is 0 Å². The Hall–Kier alpha value is -0.610. The van der Waals surface area contributed by atoms with E-state index in [4.69, 9.17) is 5.73 Å². The molecular formula is C10H21N3O. The molecule has 2 N–H and O–H groups in total. The van der Waals surface area contributed by atoms with E-state index in [1.807, 2.05) is 7.05 Å². The SMILES string of the molecule is CC(CN)CN1CC(=O)N(C)CC1C. The highest BCUT2D eigenvalue weighted by molar-refractivity contribution is 5.78. The quantitative estimate of drug-likeness (QED) is 0.681. The smallest absolute Gasteiger partial charge is 0.236 e. The van der Waals surface area contributed by atoms with Gasteiger partial charge in [-0.1, -0.05) is 6.92 Å². The van der Waals surface area contributed by atoms with Crippen LogP contribution in [0, 0.1) is 5.92 Å². The molecule has 0 aromatic carbocycles. The number of carbonyl (C=O) groups is 1. The number of nitrogens with zero attached hydrogens (tertiary/aromatic N) is 2. The molecule has 2 unspecified atom stereocenters. The zero-order chi connectivity index (χ0) is 10.7. The molecule has 0 aliphatic carbocycles. The third kappa shape index (κ3) is 2.69. The lowest BCUT2D eigenvalue weighted by molar-refractivity contribution is -0.136. The van der Waals surface area contributed by atoms with Crippen molar-refractivity contribution >= 4 is 5.91 Å². The van der Waals surface area contributed by atoms with E-state index in [9.17, 15) is 4.79 Å². The van der Waals surface area contributed by atoms with Crippen LogP contribution in [0.4, 0.5) is 0 Å². The van der Waals surface area contributed by atoms with E-state index < -0.39 is 0 Å². The molecule has 1 aliphatic heterocycles. The molecule has 1 saturated heterocycles. The minimum atomic E-state index is 0.215. The second kappa shape index (κ2) is 4.75. The van der Waals surface area contributed by atoms with Gasteiger partial charge in [-0.15, -0.1) is 0 Å². The summed E-state index contributed by atoms with van der Waals surface area (Å²) >= 11 is 0. The summed E-state index contributed by atoms with van der Waals surface area (Å²) in [5.74, 6) is 0.681. The number of piperazine rings is 1. The van der Waals surface area contributed by atoms with Gasteiger partial charge >= 0.3 is 0 Å². The van der Waals surface area contributed by atoms with E-state index in [1.54, 1.807) is 4.90 Å². The van der Waals surface area contributed by atoms with Crippen molar-refractivity contribution in [3.8, 4) is 0 Å². The van der Waals surface area contributed by atoms with Crippen LogP contribution >= 0.6 is 0 Å². The van der Waals surface area contributed by atoms with E-state index in [0.29, 0.717) is 25.0 Å². The summed E-state index contributed by atoms with van der Waals surface area (Å²) in [5, 5.41) is 0. The van der Waals surface area contributed by atoms with Gasteiger partial charge in [0.15, 0.2) is 0 Å². The molecule has 1 rings (SSSR count). The van der Waals surface area contributed by atoms with Gasteiger partial charge in [-0.05, 0) is 19.4 Å². The topological polar surface area (TPSA) is 49.6 Å². The minimum Gasteiger partial charge on any atom is -0.343 e. The predicted octanol–water partition coefficient (Wildman–Crippen LogP) is -0.256. The van der Waals surface area contributed by atoms with Crippen LogP contribution in [0.15, 0.2) is 0 Å². The Morgan fingerprint density at radius 2 is 2.29 bits per heavy atom. The van der Waals surface area contributed by atoms with Gasteiger partial charge in [-0.2, -0.15) is 0 Å². The zero-order valence-corrected chi connectivity index (χ0v) is 9.36. The molecule has 2 atom stereocenters. The maximum Gasteiger partial charge on any atom is 0.236 e. The first-order valence-corrected chi connectivity index (χ1v) is 5.22. The van der Waals surface area contributed by atoms with Crippen LogP contribution < -0.4 is 5.73 Å². The third-order valence-corrected chi connectivity index (χ3v) is 2.87. The van der Waals surface area contributed by atoms with Gasteiger partial charge in [0, 0.05) is 26.2 Å². The molecule has 0 radical (unpaired) electrons. The van der Waals surface area contributed by atoms with E-state index >= 15 is 0 Å². The van der Waals surface area contributed by atoms with Crippen molar-refractivity contribution in [2.75, 3.05) is 33.2 Å². The second-order valence-electron chi connectivity index (χ2n) is 4.39. The molecule has 1 fully saturated rings. The average Bonchev–Trinajstić information content (AvgIpc) is 2.14. The van der Waals surface area contributed by atoms with Crippen LogP contribution in [0.5, 0.6) is 0 Å². The Kier molecular flexibility index (Phi) is 3.89. The molecule has 1 amide bonds. The number of hydrogen-bond acceptors (Lipinski definition) is 3. The summed E-state index contributed by atoms with van der Waals surface area (Å²) < 4.78 is 0. The van der Waals surface area contributed by atoms with E-state index in [0.717, 1.165) is 13.1 Å². The Labute approximate surface area is 86.0 Å². The Balaban J connectivity index is 2.49. The normalized spacial score (nSPS) is 26.7. The summed E-state index contributed by atoms with van der Waals surface area (Å²) in [5.41, 5.74) is 5.57. The minimum absolute atomic E-state index is 0.215. The number of hydrogen-bond donors (Lipinski definition) is 1. The fourth-order valence-corrected chi connectivity index (χ4v) is 1.78. The molecule has 0 aromatic rings. The van der Waals surface area contributed by atoms with Gasteiger partial charge < -0.3 is 10.6 Å². The van der Waals surface area contributed by atoms with Crippen LogP contribution in [0.2, 0.25) is 0 Å². The van der Waals surface area contributed by atoms with Gasteiger partial charge in [0.25, 0.3) is 0 Å². The highest BCUT2D eigenvalue weighted by Gasteiger charge is 2.27. The summed E-state index contributed by atoms with van der Waals surface area (Å²) in [6.45, 7) is 7.27. The fourth-order valence-electron chi connectivity index (χ4n) is 1.78. The summed E-state index contributed by atoms with van der Waals surface area (Å²) in [6, 6.07) is 0.451. The van der Waals surface area contributed by atoms with Crippen molar-refractivity contribution < 1.29 is 4.79 Å². The molecule has 0 saturated carbocycles. The monoisotopic (exact) mass is 199 g/mol. The van der Waals surface area contributed by atoms with Crippen LogP contribution in [0.25, 0.3) is 0 Å². The molecule has 0 aromatic heterocycles. The fraction of sp³-hybridized carbons (Fsp3) is 0.900. The van der Waals surface area contributed by atoms with Crippen LogP contribution in [-0.4, -0.2) is 55.0 Å². The molecule has 0 bridgehead atoms. The van der Waals surface area contributed by atoms with Gasteiger partial charge in [0.1, 0.15) is 0 Å². The first kappa shape index (κ1) is 11.5. The van der Waals surface area contributed by atoms with E-state index in [2.05, 4.69) is 18.7 Å². The summed E-state index contributed by atoms with van der Waals surface area (Å²) in [6.07, 6.45) is 0. The maximum atomic E-state index is 11.5. The highest BCUT2D eigenvalue weighted by Crippen LogP contribution is 2.10. The number of carbonyl (C=O) groups excluding carboxylic acids is 1. The molecule has 82 valence electrons. The molecule has 1 heterocycles. The predicted molar refractivity (Wildman–Crippen MR) is 56.9 cm³/mol. The van der Waals surface area contributed by atoms with Crippen molar-refractivity contribution in [1.82, 2.24) is 9.80 Å². The third-order valence-electron chi connectivity index (χ3n) is 2.87. The van der Waals surface area contributed by atoms with Crippen LogP contribution in [0.3, 0.4) is 0 Å². The summed E-state index contributed by atoms with van der Waals surface area (Å²) in [4.78, 5) is 15.5. The lowest BCUT2D eigenvalue weighted by atomic mass is 10.1. The lowest BCUT2D eigenvalue weighted by Gasteiger charge is -2.38. The van der Waals surface area contributed by atoms with Crippen LogP contribution in [0.1, 0.15) is 13.8 Å². The summed E-state index contributed by atoms with van der Waals surface area (Å²) in [7, 11) is 1.86. The van der Waals surface area contributed by atoms with E-state index in [-0.39, 0.29) is 5.91 Å². The van der Waals surface area contributed by atoms with Crippen molar-refractivity contribution in [3.05, 3.63) is 0 Å². The number of nitrogens with two attached hydrogens (primary N) is 1. The number of amides is 1. The number of likely N-dealkylation sites (N-methyl/N-ethyl adjacent to an activating group) is 1. The van der Waals surface area contributed by atoms with Gasteiger partial charge in [0.05, 0.1) is 6.54 Å². The van der Waals surface area contributed by atoms with Gasteiger partial charge in [-0.3, -0.25) is 9.69 Å². The lowest BCUT2D eigenvalue weighted by Crippen LogP contribution is -2.54. The molecule has 4 heteroatoms. The first-order valence-electron chi connectivity index (χ1n) is 5.22. The second-order valence-corrected chi connectivity index (χ2v) is 4.39. The van der Waals surface area contributed by atoms with Crippen molar-refractivity contribution in [1.29, 1.82) is 0 Å². The Morgan fingerprint density at radius 1 is 1.64 bits per heavy atom. The molecule has 4 nitrogen and oxygen atoms in total. The molecule has 0 spiro atoms. The Morgan fingerprint density at radius 3 is 2.86 bits per heavy atom. The highest BCUT2D eigenvalue weighted by atomic mass is 16.2. The van der Waals surface area contributed by atoms with Gasteiger partial charge in [0.2, 0.25) is 5.91 Å².